The molecule has 0 saturated carbocycles. The maximum absolute atomic E-state index is 5.75. The monoisotopic (exact) mass is 251 g/mol. The van der Waals surface area contributed by atoms with Gasteiger partial charge in [0.05, 0.1) is 12.0 Å². The summed E-state index contributed by atoms with van der Waals surface area (Å²) in [4.78, 5) is 9.21. The molecule has 1 unspecified atom stereocenters. The van der Waals surface area contributed by atoms with Gasteiger partial charge in [-0.3, -0.25) is 0 Å². The SMILES string of the molecule is CCCC(C)COc1nc(N)nc2sccc12. The molecule has 0 aliphatic rings. The van der Waals surface area contributed by atoms with E-state index in [1.54, 1.807) is 11.3 Å². The Morgan fingerprint density at radius 3 is 3.06 bits per heavy atom. The summed E-state index contributed by atoms with van der Waals surface area (Å²) in [7, 11) is 0. The summed E-state index contributed by atoms with van der Waals surface area (Å²) in [6, 6.07) is 1.97. The first kappa shape index (κ1) is 12.1. The zero-order chi connectivity index (χ0) is 12.3. The first-order chi connectivity index (χ1) is 8.20. The molecule has 0 radical (unpaired) electrons. The van der Waals surface area contributed by atoms with Gasteiger partial charge in [-0.15, -0.1) is 11.3 Å². The van der Waals surface area contributed by atoms with E-state index in [-0.39, 0.29) is 5.95 Å². The van der Waals surface area contributed by atoms with E-state index >= 15 is 0 Å². The van der Waals surface area contributed by atoms with Gasteiger partial charge < -0.3 is 10.5 Å². The largest absolute Gasteiger partial charge is 0.477 e. The van der Waals surface area contributed by atoms with Gasteiger partial charge in [0.2, 0.25) is 11.8 Å². The number of rotatable bonds is 5. The third-order valence-corrected chi connectivity index (χ3v) is 3.40. The van der Waals surface area contributed by atoms with Crippen LogP contribution in [0.3, 0.4) is 0 Å². The second-order valence-corrected chi connectivity index (χ2v) is 5.13. The summed E-state index contributed by atoms with van der Waals surface area (Å²) in [5.41, 5.74) is 5.65. The molecule has 1 atom stereocenters. The molecule has 0 aromatic carbocycles. The van der Waals surface area contributed by atoms with Crippen molar-refractivity contribution in [3.05, 3.63) is 11.4 Å². The van der Waals surface area contributed by atoms with Gasteiger partial charge >= 0.3 is 0 Å². The average Bonchev–Trinajstić information content (AvgIpc) is 2.74. The normalized spacial score (nSPS) is 12.8. The molecule has 2 N–H and O–H groups in total. The fourth-order valence-corrected chi connectivity index (χ4v) is 2.51. The van der Waals surface area contributed by atoms with Crippen molar-refractivity contribution in [3.63, 3.8) is 0 Å². The third-order valence-electron chi connectivity index (χ3n) is 2.59. The maximum Gasteiger partial charge on any atom is 0.227 e. The van der Waals surface area contributed by atoms with Gasteiger partial charge in [0.1, 0.15) is 4.83 Å². The first-order valence-electron chi connectivity index (χ1n) is 5.84. The Morgan fingerprint density at radius 2 is 2.29 bits per heavy atom. The zero-order valence-corrected chi connectivity index (χ0v) is 11.0. The number of nitrogens with zero attached hydrogens (tertiary/aromatic N) is 2. The quantitative estimate of drug-likeness (QED) is 0.887. The van der Waals surface area contributed by atoms with Gasteiger partial charge in [-0.25, -0.2) is 4.98 Å². The second-order valence-electron chi connectivity index (χ2n) is 4.23. The van der Waals surface area contributed by atoms with Crippen LogP contribution in [0.5, 0.6) is 5.88 Å². The topological polar surface area (TPSA) is 61.0 Å². The highest BCUT2D eigenvalue weighted by atomic mass is 32.1. The molecule has 0 aliphatic carbocycles. The summed E-state index contributed by atoms with van der Waals surface area (Å²) in [6.45, 7) is 5.03. The van der Waals surface area contributed by atoms with Crippen molar-refractivity contribution >= 4 is 27.5 Å². The van der Waals surface area contributed by atoms with Gasteiger partial charge in [0.15, 0.2) is 0 Å². The third kappa shape index (κ3) is 2.85. The van der Waals surface area contributed by atoms with Crippen LogP contribution in [0.25, 0.3) is 10.2 Å². The molecule has 0 spiro atoms. The van der Waals surface area contributed by atoms with Crippen molar-refractivity contribution in [2.45, 2.75) is 26.7 Å². The number of nitrogen functional groups attached to an aromatic ring is 1. The number of thiophene rings is 1. The van der Waals surface area contributed by atoms with Crippen molar-refractivity contribution < 1.29 is 4.74 Å². The van der Waals surface area contributed by atoms with Crippen LogP contribution < -0.4 is 10.5 Å². The molecule has 4 nitrogen and oxygen atoms in total. The number of fused-ring (bicyclic) bond motifs is 1. The molecule has 0 aliphatic heterocycles. The van der Waals surface area contributed by atoms with Crippen molar-refractivity contribution in [3.8, 4) is 5.88 Å². The highest BCUT2D eigenvalue weighted by Crippen LogP contribution is 2.27. The molecule has 92 valence electrons. The number of aromatic nitrogens is 2. The molecule has 5 heteroatoms. The lowest BCUT2D eigenvalue weighted by Gasteiger charge is -2.12. The molecule has 17 heavy (non-hydrogen) atoms. The number of anilines is 1. The average molecular weight is 251 g/mol. The lowest BCUT2D eigenvalue weighted by Crippen LogP contribution is -2.10. The Kier molecular flexibility index (Phi) is 3.78. The van der Waals surface area contributed by atoms with Crippen LogP contribution >= 0.6 is 11.3 Å². The van der Waals surface area contributed by atoms with Gasteiger partial charge in [-0.05, 0) is 23.8 Å². The molecular formula is C12H17N3OS. The molecule has 2 aromatic heterocycles. The first-order valence-corrected chi connectivity index (χ1v) is 6.72. The van der Waals surface area contributed by atoms with E-state index in [0.717, 1.165) is 16.6 Å². The summed E-state index contributed by atoms with van der Waals surface area (Å²) in [5.74, 6) is 1.42. The van der Waals surface area contributed by atoms with E-state index < -0.39 is 0 Å². The van der Waals surface area contributed by atoms with Gasteiger partial charge in [0, 0.05) is 0 Å². The van der Waals surface area contributed by atoms with Crippen molar-refractivity contribution in [1.29, 1.82) is 0 Å². The Balaban J connectivity index is 2.14. The van der Waals surface area contributed by atoms with Gasteiger partial charge in [0.25, 0.3) is 0 Å². The number of hydrogen-bond acceptors (Lipinski definition) is 5. The lowest BCUT2D eigenvalue weighted by molar-refractivity contribution is 0.246. The van der Waals surface area contributed by atoms with Crippen molar-refractivity contribution in [2.24, 2.45) is 5.92 Å². The standard InChI is InChI=1S/C12H17N3OS/c1-3-4-8(2)7-16-10-9-5-6-17-11(9)15-12(13)14-10/h5-6,8H,3-4,7H2,1-2H3,(H2,13,14,15). The Morgan fingerprint density at radius 1 is 1.47 bits per heavy atom. The minimum absolute atomic E-state index is 0.276. The number of ether oxygens (including phenoxy) is 1. The van der Waals surface area contributed by atoms with Crippen LogP contribution in [0.1, 0.15) is 26.7 Å². The van der Waals surface area contributed by atoms with E-state index in [0.29, 0.717) is 18.4 Å². The second kappa shape index (κ2) is 5.31. The minimum Gasteiger partial charge on any atom is -0.477 e. The fourth-order valence-electron chi connectivity index (χ4n) is 1.75. The Labute approximate surface area is 105 Å². The van der Waals surface area contributed by atoms with Crippen LogP contribution in [0, 0.1) is 5.92 Å². The fraction of sp³-hybridized carbons (Fsp3) is 0.500. The summed E-state index contributed by atoms with van der Waals surface area (Å²) in [5, 5.41) is 2.93. The van der Waals surface area contributed by atoms with E-state index in [4.69, 9.17) is 10.5 Å². The van der Waals surface area contributed by atoms with Crippen LogP contribution in [0.4, 0.5) is 5.95 Å². The smallest absolute Gasteiger partial charge is 0.227 e. The van der Waals surface area contributed by atoms with Crippen LogP contribution in [0.2, 0.25) is 0 Å². The predicted molar refractivity (Wildman–Crippen MR) is 71.4 cm³/mol. The van der Waals surface area contributed by atoms with Crippen molar-refractivity contribution in [1.82, 2.24) is 9.97 Å². The van der Waals surface area contributed by atoms with E-state index in [9.17, 15) is 0 Å². The number of hydrogen-bond donors (Lipinski definition) is 1. The molecule has 2 aromatic rings. The van der Waals surface area contributed by atoms with E-state index in [2.05, 4.69) is 23.8 Å². The molecular weight excluding hydrogens is 234 g/mol. The molecule has 0 bridgehead atoms. The number of nitrogens with two attached hydrogens (primary N) is 1. The predicted octanol–water partition coefficient (Wildman–Crippen LogP) is 3.09. The Hall–Kier alpha value is -1.36. The van der Waals surface area contributed by atoms with Gasteiger partial charge in [-0.2, -0.15) is 4.98 Å². The van der Waals surface area contributed by atoms with E-state index in [1.807, 2.05) is 11.4 Å². The van der Waals surface area contributed by atoms with Crippen LogP contribution in [0.15, 0.2) is 11.4 Å². The Bertz CT molecular complexity index is 497. The summed E-state index contributed by atoms with van der Waals surface area (Å²) < 4.78 is 5.75. The minimum atomic E-state index is 0.276. The zero-order valence-electron chi connectivity index (χ0n) is 10.1. The summed E-state index contributed by atoms with van der Waals surface area (Å²) in [6.07, 6.45) is 2.33. The highest BCUT2D eigenvalue weighted by molar-refractivity contribution is 7.16. The van der Waals surface area contributed by atoms with Gasteiger partial charge in [-0.1, -0.05) is 20.3 Å². The molecule has 2 heterocycles. The van der Waals surface area contributed by atoms with Crippen LogP contribution in [-0.4, -0.2) is 16.6 Å². The molecule has 0 saturated heterocycles. The lowest BCUT2D eigenvalue weighted by atomic mass is 10.1. The van der Waals surface area contributed by atoms with Crippen molar-refractivity contribution in [2.75, 3.05) is 12.3 Å². The van der Waals surface area contributed by atoms with Crippen LogP contribution in [-0.2, 0) is 0 Å². The molecule has 2 rings (SSSR count). The maximum atomic E-state index is 5.75. The van der Waals surface area contributed by atoms with E-state index in [1.165, 1.54) is 6.42 Å². The summed E-state index contributed by atoms with van der Waals surface area (Å²) >= 11 is 1.55. The highest BCUT2D eigenvalue weighted by Gasteiger charge is 2.10. The molecule has 0 amide bonds. The molecule has 0 fully saturated rings.